The van der Waals surface area contributed by atoms with Gasteiger partial charge >= 0.3 is 5.97 Å². The molecule has 1 aromatic carbocycles. The Morgan fingerprint density at radius 1 is 1.19 bits per heavy atom. The number of esters is 1. The second kappa shape index (κ2) is 8.15. The van der Waals surface area contributed by atoms with E-state index in [1.54, 1.807) is 6.20 Å². The summed E-state index contributed by atoms with van der Waals surface area (Å²) >= 11 is 0. The van der Waals surface area contributed by atoms with Crippen LogP contribution >= 0.6 is 0 Å². The van der Waals surface area contributed by atoms with E-state index in [4.69, 9.17) is 15.2 Å². The molecule has 6 atom stereocenters. The van der Waals surface area contributed by atoms with Crippen LogP contribution in [0.25, 0.3) is 10.8 Å². The number of carbonyl (C=O) groups is 3. The van der Waals surface area contributed by atoms with E-state index in [9.17, 15) is 14.4 Å². The van der Waals surface area contributed by atoms with Gasteiger partial charge in [0.25, 0.3) is 0 Å². The van der Waals surface area contributed by atoms with Crippen molar-refractivity contribution in [2.24, 2.45) is 23.0 Å². The van der Waals surface area contributed by atoms with Crippen molar-refractivity contribution in [1.82, 2.24) is 4.98 Å². The zero-order valence-corrected chi connectivity index (χ0v) is 20.3. The summed E-state index contributed by atoms with van der Waals surface area (Å²) in [6, 6.07) is 8.30. The van der Waals surface area contributed by atoms with Gasteiger partial charge in [0.1, 0.15) is 18.0 Å². The molecule has 2 aromatic rings. The van der Waals surface area contributed by atoms with Crippen molar-refractivity contribution in [3.05, 3.63) is 77.4 Å². The molecule has 0 saturated heterocycles. The SMILES string of the molecule is CC(=O)O[C@@H]1C[C@H]2C3OC4=C(C=C3C=C[C@]2(C)[C@H]1c1ccc2ccncc2c1)C(=O)CC(C(N)=O)C4. The lowest BCUT2D eigenvalue weighted by Crippen LogP contribution is -2.42. The average Bonchev–Trinajstić information content (AvgIpc) is 3.14. The number of fused-ring (bicyclic) bond motifs is 4. The zero-order valence-electron chi connectivity index (χ0n) is 20.3. The van der Waals surface area contributed by atoms with Crippen LogP contribution in [0, 0.1) is 17.3 Å². The number of benzene rings is 1. The summed E-state index contributed by atoms with van der Waals surface area (Å²) < 4.78 is 12.4. The number of Topliss-reactive ketones (excluding diaryl/α,β-unsaturated/α-hetero) is 1. The Labute approximate surface area is 209 Å². The van der Waals surface area contributed by atoms with Crippen molar-refractivity contribution in [3.8, 4) is 0 Å². The number of carbonyl (C=O) groups excluding carboxylic acids is 3. The number of amides is 1. The first-order valence-electron chi connectivity index (χ1n) is 12.4. The van der Waals surface area contributed by atoms with Crippen molar-refractivity contribution in [1.29, 1.82) is 0 Å². The molecule has 2 heterocycles. The Balaban J connectivity index is 1.41. The monoisotopic (exact) mass is 484 g/mol. The molecule has 36 heavy (non-hydrogen) atoms. The third kappa shape index (κ3) is 3.48. The van der Waals surface area contributed by atoms with Gasteiger partial charge in [0.2, 0.25) is 5.91 Å². The second-order valence-corrected chi connectivity index (χ2v) is 10.6. The molecule has 1 aromatic heterocycles. The van der Waals surface area contributed by atoms with Gasteiger partial charge in [-0.1, -0.05) is 31.2 Å². The van der Waals surface area contributed by atoms with Crippen LogP contribution in [0.5, 0.6) is 0 Å². The van der Waals surface area contributed by atoms with Gasteiger partial charge in [-0.15, -0.1) is 0 Å². The Kier molecular flexibility index (Phi) is 5.14. The average molecular weight is 485 g/mol. The molecule has 1 amide bonds. The molecule has 7 nitrogen and oxygen atoms in total. The molecular formula is C29H28N2O5. The normalized spacial score (nSPS) is 32.8. The first-order chi connectivity index (χ1) is 17.2. The number of ketones is 1. The third-order valence-corrected chi connectivity index (χ3v) is 8.44. The molecule has 1 aliphatic heterocycles. The van der Waals surface area contributed by atoms with Crippen LogP contribution in [0.1, 0.15) is 44.6 Å². The summed E-state index contributed by atoms with van der Waals surface area (Å²) in [7, 11) is 0. The predicted molar refractivity (Wildman–Crippen MR) is 132 cm³/mol. The Hall–Kier alpha value is -3.74. The Morgan fingerprint density at radius 3 is 2.81 bits per heavy atom. The van der Waals surface area contributed by atoms with Gasteiger partial charge in [0, 0.05) is 54.8 Å². The lowest BCUT2D eigenvalue weighted by atomic mass is 9.64. The Bertz CT molecular complexity index is 1410. The van der Waals surface area contributed by atoms with Gasteiger partial charge < -0.3 is 15.2 Å². The standard InChI is InChI=1S/C29H28N2O5/c1-15(32)35-25-13-22-27-18(10-21-23(33)11-19(28(30)34)12-24(21)36-27)5-7-29(22,2)26(25)17-4-3-16-6-8-31-14-20(16)9-17/h3-10,14,19,22,25-27H,11-13H2,1-2H3,(H2,30,34)/t19?,22-,25+,26-,27?,29-/m0/s1. The largest absolute Gasteiger partial charge is 0.489 e. The van der Waals surface area contributed by atoms with E-state index in [2.05, 4.69) is 36.2 Å². The quantitative estimate of drug-likeness (QED) is 0.662. The smallest absolute Gasteiger partial charge is 0.302 e. The summed E-state index contributed by atoms with van der Waals surface area (Å²) in [5.74, 6) is -0.988. The second-order valence-electron chi connectivity index (χ2n) is 10.6. The fourth-order valence-electron chi connectivity index (χ4n) is 6.72. The van der Waals surface area contributed by atoms with Crippen LogP contribution in [0.15, 0.2) is 71.8 Å². The van der Waals surface area contributed by atoms with Crippen molar-refractivity contribution >= 4 is 28.4 Å². The molecule has 7 heteroatoms. The number of hydrogen-bond acceptors (Lipinski definition) is 6. The van der Waals surface area contributed by atoms with Crippen LogP contribution < -0.4 is 5.73 Å². The van der Waals surface area contributed by atoms with Crippen molar-refractivity contribution in [3.63, 3.8) is 0 Å². The molecule has 1 fully saturated rings. The van der Waals surface area contributed by atoms with Crippen LogP contribution in [0.4, 0.5) is 0 Å². The number of nitrogens with zero attached hydrogens (tertiary/aromatic N) is 1. The molecule has 0 spiro atoms. The molecule has 4 aliphatic rings. The Morgan fingerprint density at radius 2 is 2.03 bits per heavy atom. The van der Waals surface area contributed by atoms with Gasteiger partial charge in [-0.3, -0.25) is 19.4 Å². The van der Waals surface area contributed by atoms with E-state index in [0.717, 1.165) is 21.9 Å². The predicted octanol–water partition coefficient (Wildman–Crippen LogP) is 3.89. The van der Waals surface area contributed by atoms with E-state index in [1.807, 2.05) is 24.4 Å². The highest BCUT2D eigenvalue weighted by Crippen LogP contribution is 2.60. The highest BCUT2D eigenvalue weighted by molar-refractivity contribution is 6.02. The van der Waals surface area contributed by atoms with E-state index in [1.165, 1.54) is 6.92 Å². The number of primary amides is 1. The van der Waals surface area contributed by atoms with E-state index in [0.29, 0.717) is 24.2 Å². The first-order valence-corrected chi connectivity index (χ1v) is 12.4. The van der Waals surface area contributed by atoms with Crippen LogP contribution in [-0.4, -0.2) is 34.9 Å². The van der Waals surface area contributed by atoms with Gasteiger partial charge in [0.05, 0.1) is 11.5 Å². The molecule has 6 rings (SSSR count). The fourth-order valence-corrected chi connectivity index (χ4v) is 6.72. The number of hydrogen-bond donors (Lipinski definition) is 1. The molecule has 184 valence electrons. The summed E-state index contributed by atoms with van der Waals surface area (Å²) in [4.78, 5) is 41.0. The molecule has 0 radical (unpaired) electrons. The van der Waals surface area contributed by atoms with Crippen LogP contribution in [0.2, 0.25) is 0 Å². The summed E-state index contributed by atoms with van der Waals surface area (Å²) in [6.07, 6.45) is 10.2. The number of allylic oxidation sites excluding steroid dienone is 4. The highest BCUT2D eigenvalue weighted by atomic mass is 16.5. The van der Waals surface area contributed by atoms with Gasteiger partial charge in [-0.25, -0.2) is 0 Å². The lowest BCUT2D eigenvalue weighted by molar-refractivity contribution is -0.147. The maximum atomic E-state index is 12.7. The van der Waals surface area contributed by atoms with Crippen LogP contribution in [-0.2, 0) is 23.9 Å². The number of rotatable bonds is 3. The minimum absolute atomic E-state index is 0.00537. The van der Waals surface area contributed by atoms with Crippen LogP contribution in [0.3, 0.4) is 0 Å². The molecular weight excluding hydrogens is 456 g/mol. The van der Waals surface area contributed by atoms with Gasteiger partial charge in [-0.2, -0.15) is 0 Å². The van der Waals surface area contributed by atoms with Crippen molar-refractivity contribution in [2.45, 2.75) is 51.2 Å². The number of ether oxygens (including phenoxy) is 2. The fraction of sp³-hybridized carbons (Fsp3) is 0.379. The highest BCUT2D eigenvalue weighted by Gasteiger charge is 2.58. The third-order valence-electron chi connectivity index (χ3n) is 8.44. The molecule has 2 N–H and O–H groups in total. The summed E-state index contributed by atoms with van der Waals surface area (Å²) in [6.45, 7) is 3.64. The van der Waals surface area contributed by atoms with Crippen molar-refractivity contribution < 1.29 is 23.9 Å². The minimum Gasteiger partial charge on any atom is -0.489 e. The zero-order chi connectivity index (χ0) is 25.2. The van der Waals surface area contributed by atoms with E-state index < -0.39 is 11.8 Å². The van der Waals surface area contributed by atoms with E-state index in [-0.39, 0.29) is 47.6 Å². The molecule has 2 unspecified atom stereocenters. The van der Waals surface area contributed by atoms with E-state index >= 15 is 0 Å². The molecule has 0 bridgehead atoms. The number of pyridine rings is 1. The maximum absolute atomic E-state index is 12.7. The van der Waals surface area contributed by atoms with Gasteiger partial charge in [0.15, 0.2) is 5.78 Å². The molecule has 1 saturated carbocycles. The van der Waals surface area contributed by atoms with Crippen molar-refractivity contribution in [2.75, 3.05) is 0 Å². The summed E-state index contributed by atoms with van der Waals surface area (Å²) in [5, 5.41) is 2.13. The topological polar surface area (TPSA) is 109 Å². The minimum atomic E-state index is -0.548. The number of nitrogens with two attached hydrogens (primary N) is 1. The first kappa shape index (κ1) is 22.7. The van der Waals surface area contributed by atoms with Gasteiger partial charge in [-0.05, 0) is 41.2 Å². The summed E-state index contributed by atoms with van der Waals surface area (Å²) in [5.41, 5.74) is 7.73. The maximum Gasteiger partial charge on any atom is 0.302 e. The lowest BCUT2D eigenvalue weighted by Gasteiger charge is -2.44. The molecule has 3 aliphatic carbocycles. The number of aromatic nitrogens is 1.